The van der Waals surface area contributed by atoms with Gasteiger partial charge in [-0.1, -0.05) is 139 Å². The van der Waals surface area contributed by atoms with E-state index >= 15 is 0 Å². The number of allylic oxidation sites excluding steroid dienone is 1. The second-order valence-corrected chi connectivity index (χ2v) is 19.8. The van der Waals surface area contributed by atoms with Crippen molar-refractivity contribution in [2.75, 3.05) is 32.7 Å². The third-order valence-corrected chi connectivity index (χ3v) is 15.6. The van der Waals surface area contributed by atoms with Gasteiger partial charge in [0.05, 0.1) is 6.54 Å². The Hall–Kier alpha value is -2.47. The molecule has 0 bridgehead atoms. The monoisotopic (exact) mass is 766 g/mol. The predicted molar refractivity (Wildman–Crippen MR) is 234 cm³/mol. The molecule has 2 aromatic rings. The van der Waals surface area contributed by atoms with Crippen LogP contribution in [0.4, 0.5) is 0 Å². The Morgan fingerprint density at radius 3 is 2.09 bits per heavy atom. The van der Waals surface area contributed by atoms with Gasteiger partial charge < -0.3 is 10.5 Å². The maximum atomic E-state index is 13.6. The lowest BCUT2D eigenvalue weighted by Crippen LogP contribution is -2.51. The van der Waals surface area contributed by atoms with Crippen LogP contribution in [0.25, 0.3) is 0 Å². The fourth-order valence-corrected chi connectivity index (χ4v) is 12.5. The Kier molecular flexibility index (Phi) is 15.8. The number of esters is 1. The summed E-state index contributed by atoms with van der Waals surface area (Å²) in [5.41, 5.74) is 11.0. The molecule has 5 nitrogen and oxygen atoms in total. The van der Waals surface area contributed by atoms with E-state index < -0.39 is 0 Å². The van der Waals surface area contributed by atoms with Crippen LogP contribution in [0, 0.1) is 46.3 Å². The standard InChI is InChI=1S/C51H79N3O2/c1-39(2)17-16-18-40(3)46-25-26-47-45-24-23-43-35-44(27-29-50(43,4)48(45)28-30-51(46,47)5)56-49(55)38-54(37-42-21-12-9-13-22-42)33-15-7-6-14-32-53(34-31-52)36-41-19-10-8-11-20-41/h8-13,19-23,39-40,44-48H,6-7,14-18,24-38,52H2,1-5H3/t40-,44?,45?,46-,47?,48?,50+,51-/m1/s1. The molecule has 3 fully saturated rings. The summed E-state index contributed by atoms with van der Waals surface area (Å²) in [5, 5.41) is 0. The van der Waals surface area contributed by atoms with Gasteiger partial charge in [-0.3, -0.25) is 14.6 Å². The number of hydrogen-bond donors (Lipinski definition) is 1. The summed E-state index contributed by atoms with van der Waals surface area (Å²) in [6.07, 6.45) is 21.5. The number of fused-ring (bicyclic) bond motifs is 5. The molecule has 4 unspecified atom stereocenters. The summed E-state index contributed by atoms with van der Waals surface area (Å²) < 4.78 is 6.37. The number of rotatable bonds is 21. The van der Waals surface area contributed by atoms with E-state index in [1.165, 1.54) is 75.3 Å². The number of unbranched alkanes of at least 4 members (excludes halogenated alkanes) is 3. The number of hydrogen-bond acceptors (Lipinski definition) is 5. The van der Waals surface area contributed by atoms with Gasteiger partial charge in [0.1, 0.15) is 6.10 Å². The van der Waals surface area contributed by atoms with Gasteiger partial charge in [0.2, 0.25) is 0 Å². The first-order chi connectivity index (χ1) is 27.1. The first-order valence-electron chi connectivity index (χ1n) is 23.2. The zero-order chi connectivity index (χ0) is 39.5. The number of benzene rings is 2. The number of ether oxygens (including phenoxy) is 1. The third kappa shape index (κ3) is 11.0. The molecule has 0 amide bonds. The van der Waals surface area contributed by atoms with Crippen LogP contribution < -0.4 is 5.73 Å². The third-order valence-electron chi connectivity index (χ3n) is 15.6. The summed E-state index contributed by atoms with van der Waals surface area (Å²) in [5.74, 6) is 5.04. The Balaban J connectivity index is 0.982. The van der Waals surface area contributed by atoms with Crippen LogP contribution in [0.15, 0.2) is 72.3 Å². The van der Waals surface area contributed by atoms with Gasteiger partial charge in [-0.15, -0.1) is 0 Å². The molecule has 5 heteroatoms. The Labute approximate surface area is 342 Å². The van der Waals surface area contributed by atoms with E-state index in [0.29, 0.717) is 18.5 Å². The van der Waals surface area contributed by atoms with Crippen molar-refractivity contribution in [2.24, 2.45) is 52.1 Å². The second-order valence-electron chi connectivity index (χ2n) is 19.8. The van der Waals surface area contributed by atoms with Gasteiger partial charge in [0, 0.05) is 32.6 Å². The van der Waals surface area contributed by atoms with Gasteiger partial charge in [0.15, 0.2) is 0 Å². The SMILES string of the molecule is CC(C)CCC[C@@H](C)[C@H]1CCC2C3CC=C4CC(OC(=O)CN(CCCCCCN(CCN)Cc5ccccc5)Cc5ccccc5)CC[C@]4(C)C3CC[C@@]21C. The second kappa shape index (κ2) is 20.5. The molecule has 4 aliphatic carbocycles. The highest BCUT2D eigenvalue weighted by atomic mass is 16.5. The minimum Gasteiger partial charge on any atom is -0.461 e. The highest BCUT2D eigenvalue weighted by molar-refractivity contribution is 5.72. The van der Waals surface area contributed by atoms with E-state index in [0.717, 1.165) is 100 Å². The van der Waals surface area contributed by atoms with Crippen molar-refractivity contribution in [1.29, 1.82) is 0 Å². The van der Waals surface area contributed by atoms with E-state index in [4.69, 9.17) is 10.5 Å². The number of carbonyl (C=O) groups excluding carboxylic acids is 1. The molecule has 0 saturated heterocycles. The molecule has 4 aliphatic rings. The van der Waals surface area contributed by atoms with Crippen LogP contribution >= 0.6 is 0 Å². The van der Waals surface area contributed by atoms with Crippen molar-refractivity contribution < 1.29 is 9.53 Å². The smallest absolute Gasteiger partial charge is 0.320 e. The summed E-state index contributed by atoms with van der Waals surface area (Å²) in [6.45, 7) is 18.3. The van der Waals surface area contributed by atoms with Crippen LogP contribution in [0.5, 0.6) is 0 Å². The lowest BCUT2D eigenvalue weighted by Gasteiger charge is -2.58. The van der Waals surface area contributed by atoms with Gasteiger partial charge in [-0.05, 0) is 128 Å². The van der Waals surface area contributed by atoms with Gasteiger partial charge >= 0.3 is 5.97 Å². The van der Waals surface area contributed by atoms with Crippen molar-refractivity contribution in [3.8, 4) is 0 Å². The van der Waals surface area contributed by atoms with Crippen LogP contribution in [0.2, 0.25) is 0 Å². The van der Waals surface area contributed by atoms with Crippen molar-refractivity contribution in [3.05, 3.63) is 83.4 Å². The van der Waals surface area contributed by atoms with Crippen LogP contribution in [0.3, 0.4) is 0 Å². The largest absolute Gasteiger partial charge is 0.461 e. The van der Waals surface area contributed by atoms with Crippen molar-refractivity contribution >= 4 is 5.97 Å². The maximum absolute atomic E-state index is 13.6. The highest BCUT2D eigenvalue weighted by Crippen LogP contribution is 2.67. The number of nitrogens with zero attached hydrogens (tertiary/aromatic N) is 2. The molecule has 2 N–H and O–H groups in total. The summed E-state index contributed by atoms with van der Waals surface area (Å²) in [7, 11) is 0. The van der Waals surface area contributed by atoms with Crippen molar-refractivity contribution in [2.45, 2.75) is 150 Å². The van der Waals surface area contributed by atoms with Crippen molar-refractivity contribution in [3.63, 3.8) is 0 Å². The normalized spacial score (nSPS) is 29.2. The molecule has 0 aromatic heterocycles. The Morgan fingerprint density at radius 1 is 0.768 bits per heavy atom. The van der Waals surface area contributed by atoms with E-state index in [2.05, 4.69) is 111 Å². The fraction of sp³-hybridized carbons (Fsp3) is 0.706. The summed E-state index contributed by atoms with van der Waals surface area (Å²) in [4.78, 5) is 18.5. The molecule has 0 heterocycles. The molecule has 6 rings (SSSR count). The fourth-order valence-electron chi connectivity index (χ4n) is 12.5. The quantitative estimate of drug-likeness (QED) is 0.0779. The van der Waals surface area contributed by atoms with E-state index in [1.54, 1.807) is 5.57 Å². The van der Waals surface area contributed by atoms with E-state index in [1.807, 2.05) is 0 Å². The molecule has 3 saturated carbocycles. The van der Waals surface area contributed by atoms with Crippen LogP contribution in [-0.4, -0.2) is 54.6 Å². The van der Waals surface area contributed by atoms with Crippen molar-refractivity contribution in [1.82, 2.24) is 9.80 Å². The Bertz CT molecular complexity index is 1510. The van der Waals surface area contributed by atoms with Gasteiger partial charge in [-0.25, -0.2) is 0 Å². The lowest BCUT2D eigenvalue weighted by molar-refractivity contribution is -0.153. The predicted octanol–water partition coefficient (Wildman–Crippen LogP) is 11.5. The maximum Gasteiger partial charge on any atom is 0.320 e. The lowest BCUT2D eigenvalue weighted by atomic mass is 9.47. The highest BCUT2D eigenvalue weighted by Gasteiger charge is 2.59. The Morgan fingerprint density at radius 2 is 1.43 bits per heavy atom. The molecule has 0 aliphatic heterocycles. The number of nitrogens with two attached hydrogens (primary N) is 1. The first-order valence-corrected chi connectivity index (χ1v) is 23.2. The molecule has 8 atom stereocenters. The molecule has 0 radical (unpaired) electrons. The molecule has 310 valence electrons. The minimum atomic E-state index is -0.0462. The summed E-state index contributed by atoms with van der Waals surface area (Å²) >= 11 is 0. The zero-order valence-electron chi connectivity index (χ0n) is 36.2. The van der Waals surface area contributed by atoms with E-state index in [9.17, 15) is 4.79 Å². The summed E-state index contributed by atoms with van der Waals surface area (Å²) in [6, 6.07) is 21.3. The molecular weight excluding hydrogens is 687 g/mol. The molecular formula is C51H79N3O2. The van der Waals surface area contributed by atoms with Gasteiger partial charge in [-0.2, -0.15) is 0 Å². The minimum absolute atomic E-state index is 0.0145. The van der Waals surface area contributed by atoms with E-state index in [-0.39, 0.29) is 17.5 Å². The van der Waals surface area contributed by atoms with Gasteiger partial charge in [0.25, 0.3) is 0 Å². The first kappa shape index (κ1) is 43.1. The average molecular weight is 766 g/mol. The zero-order valence-corrected chi connectivity index (χ0v) is 36.2. The number of carbonyl (C=O) groups is 1. The molecule has 2 aromatic carbocycles. The average Bonchev–Trinajstić information content (AvgIpc) is 3.54. The van der Waals surface area contributed by atoms with Crippen LogP contribution in [0.1, 0.15) is 142 Å². The molecule has 0 spiro atoms. The van der Waals surface area contributed by atoms with Crippen LogP contribution in [-0.2, 0) is 22.6 Å². The molecule has 56 heavy (non-hydrogen) atoms. The topological polar surface area (TPSA) is 58.8 Å².